The van der Waals surface area contributed by atoms with E-state index in [1.807, 2.05) is 12.1 Å². The number of nitrogens with one attached hydrogen (secondary N) is 1. The third kappa shape index (κ3) is 5.08. The number of halogens is 3. The predicted molar refractivity (Wildman–Crippen MR) is 138 cm³/mol. The summed E-state index contributed by atoms with van der Waals surface area (Å²) >= 11 is 19.7. The second-order valence-electron chi connectivity index (χ2n) is 7.28. The van der Waals surface area contributed by atoms with Crippen molar-refractivity contribution in [1.29, 1.82) is 5.26 Å². The van der Waals surface area contributed by atoms with Crippen LogP contribution in [0.25, 0.3) is 0 Å². The van der Waals surface area contributed by atoms with Crippen molar-refractivity contribution in [3.05, 3.63) is 104 Å². The van der Waals surface area contributed by atoms with Crippen LogP contribution in [0.3, 0.4) is 0 Å². The van der Waals surface area contributed by atoms with Crippen LogP contribution in [-0.4, -0.2) is 17.1 Å². The number of amides is 2. The number of hydrogen-bond acceptors (Lipinski definition) is 4. The third-order valence-electron chi connectivity index (χ3n) is 5.06. The minimum absolute atomic E-state index is 0.193. The first-order valence-corrected chi connectivity index (χ1v) is 12.1. The largest absolute Gasteiger partial charge is 0.320 e. The SMILES string of the molecule is N#C/C(C(=O)Nc1ccccc1Cl)=C1/S[C@@H](Cc2cc(Cl)ccc2Cl)C(=O)N1c1ccccc1. The standard InChI is InChI=1S/C25H16Cl3N3O2S/c26-16-10-11-19(27)15(12-16)13-22-24(33)31(17-6-2-1-3-7-17)25(34-22)18(14-29)23(32)30-21-9-5-4-8-20(21)28/h1-12,22H,13H2,(H,30,32)/b25-18-/t22-/m0/s1. The Kier molecular flexibility index (Phi) is 7.50. The molecule has 1 aliphatic rings. The Labute approximate surface area is 215 Å². The fourth-order valence-corrected chi connectivity index (χ4v) is 5.31. The number of nitrogens with zero attached hydrogens (tertiary/aromatic N) is 2. The van der Waals surface area contributed by atoms with E-state index in [4.69, 9.17) is 34.8 Å². The highest BCUT2D eigenvalue weighted by atomic mass is 35.5. The molecule has 1 fully saturated rings. The molecule has 1 N–H and O–H groups in total. The van der Waals surface area contributed by atoms with E-state index in [1.54, 1.807) is 66.7 Å². The van der Waals surface area contributed by atoms with Crippen molar-refractivity contribution < 1.29 is 9.59 Å². The zero-order chi connectivity index (χ0) is 24.2. The molecule has 0 saturated carbocycles. The van der Waals surface area contributed by atoms with E-state index in [1.165, 1.54) is 4.90 Å². The molecular weight excluding hydrogens is 513 g/mol. The van der Waals surface area contributed by atoms with E-state index < -0.39 is 11.2 Å². The lowest BCUT2D eigenvalue weighted by Gasteiger charge is -2.18. The molecule has 0 unspecified atom stereocenters. The number of carbonyl (C=O) groups excluding carboxylic acids is 2. The van der Waals surface area contributed by atoms with Gasteiger partial charge in [0, 0.05) is 15.7 Å². The molecule has 5 nitrogen and oxygen atoms in total. The van der Waals surface area contributed by atoms with Crippen LogP contribution >= 0.6 is 46.6 Å². The van der Waals surface area contributed by atoms with E-state index in [2.05, 4.69) is 5.32 Å². The van der Waals surface area contributed by atoms with Crippen molar-refractivity contribution >= 4 is 69.8 Å². The van der Waals surface area contributed by atoms with Crippen LogP contribution in [0.1, 0.15) is 5.56 Å². The number of para-hydroxylation sites is 2. The summed E-state index contributed by atoms with van der Waals surface area (Å²) in [6.45, 7) is 0. The van der Waals surface area contributed by atoms with E-state index in [-0.39, 0.29) is 22.9 Å². The second-order valence-corrected chi connectivity index (χ2v) is 9.72. The fourth-order valence-electron chi connectivity index (χ4n) is 3.45. The number of thioether (sulfide) groups is 1. The molecule has 2 amide bonds. The smallest absolute Gasteiger partial charge is 0.269 e. The Morgan fingerprint density at radius 3 is 2.41 bits per heavy atom. The zero-order valence-electron chi connectivity index (χ0n) is 17.5. The van der Waals surface area contributed by atoms with Crippen molar-refractivity contribution in [1.82, 2.24) is 0 Å². The van der Waals surface area contributed by atoms with Crippen LogP contribution in [0.15, 0.2) is 83.4 Å². The van der Waals surface area contributed by atoms with Crippen LogP contribution in [-0.2, 0) is 16.0 Å². The number of benzene rings is 3. The van der Waals surface area contributed by atoms with Crippen molar-refractivity contribution in [3.8, 4) is 6.07 Å². The third-order valence-corrected chi connectivity index (χ3v) is 7.25. The monoisotopic (exact) mass is 527 g/mol. The first kappa shape index (κ1) is 24.2. The number of anilines is 2. The van der Waals surface area contributed by atoms with Crippen molar-refractivity contribution in [2.75, 3.05) is 10.2 Å². The molecule has 170 valence electrons. The van der Waals surface area contributed by atoms with Crippen LogP contribution in [0.5, 0.6) is 0 Å². The van der Waals surface area contributed by atoms with Gasteiger partial charge in [0.25, 0.3) is 5.91 Å². The van der Waals surface area contributed by atoms with Gasteiger partial charge in [-0.25, -0.2) is 0 Å². The van der Waals surface area contributed by atoms with Crippen molar-refractivity contribution in [2.24, 2.45) is 0 Å². The summed E-state index contributed by atoms with van der Waals surface area (Å²) in [5.74, 6) is -0.922. The summed E-state index contributed by atoms with van der Waals surface area (Å²) in [7, 11) is 0. The van der Waals surface area contributed by atoms with E-state index in [9.17, 15) is 14.9 Å². The van der Waals surface area contributed by atoms with Gasteiger partial charge in [0.1, 0.15) is 16.7 Å². The Morgan fingerprint density at radius 2 is 1.71 bits per heavy atom. The molecule has 0 aromatic heterocycles. The normalized spacial score (nSPS) is 16.8. The highest BCUT2D eigenvalue weighted by Gasteiger charge is 2.41. The number of carbonyl (C=O) groups is 2. The summed E-state index contributed by atoms with van der Waals surface area (Å²) in [5, 5.41) is 13.5. The van der Waals surface area contributed by atoms with Crippen LogP contribution < -0.4 is 10.2 Å². The minimum atomic E-state index is -0.659. The van der Waals surface area contributed by atoms with Gasteiger partial charge < -0.3 is 5.32 Å². The fraction of sp³-hybridized carbons (Fsp3) is 0.0800. The molecule has 3 aromatic rings. The van der Waals surface area contributed by atoms with E-state index in [0.717, 1.165) is 11.8 Å². The maximum Gasteiger partial charge on any atom is 0.269 e. The second kappa shape index (κ2) is 10.5. The Morgan fingerprint density at radius 1 is 1.00 bits per heavy atom. The molecule has 1 atom stereocenters. The average molecular weight is 529 g/mol. The molecule has 0 bridgehead atoms. The van der Waals surface area contributed by atoms with Crippen LogP contribution in [0.2, 0.25) is 15.1 Å². The topological polar surface area (TPSA) is 73.2 Å². The average Bonchev–Trinajstić information content (AvgIpc) is 3.14. The van der Waals surface area contributed by atoms with E-state index in [0.29, 0.717) is 32.0 Å². The van der Waals surface area contributed by atoms with Crippen molar-refractivity contribution in [2.45, 2.75) is 11.7 Å². The molecule has 34 heavy (non-hydrogen) atoms. The summed E-state index contributed by atoms with van der Waals surface area (Å²) in [6.07, 6.45) is 0.278. The molecule has 3 aromatic carbocycles. The van der Waals surface area contributed by atoms with Crippen LogP contribution in [0.4, 0.5) is 11.4 Å². The molecule has 0 aliphatic carbocycles. The summed E-state index contributed by atoms with van der Waals surface area (Å²) in [4.78, 5) is 28.0. The lowest BCUT2D eigenvalue weighted by atomic mass is 10.1. The number of rotatable bonds is 5. The Hall–Kier alpha value is -2.95. The molecule has 1 saturated heterocycles. The first-order valence-electron chi connectivity index (χ1n) is 10.1. The Bertz CT molecular complexity index is 1340. The molecular formula is C25H16Cl3N3O2S. The lowest BCUT2D eigenvalue weighted by molar-refractivity contribution is -0.117. The van der Waals surface area contributed by atoms with Gasteiger partial charge in [-0.1, -0.05) is 76.9 Å². The van der Waals surface area contributed by atoms with Gasteiger partial charge in [0.15, 0.2) is 0 Å². The Balaban J connectivity index is 1.74. The summed E-state index contributed by atoms with van der Waals surface area (Å²) in [6, 6.07) is 22.6. The van der Waals surface area contributed by atoms with Crippen molar-refractivity contribution in [3.63, 3.8) is 0 Å². The molecule has 9 heteroatoms. The maximum absolute atomic E-state index is 13.5. The number of nitriles is 1. The van der Waals surface area contributed by atoms with Gasteiger partial charge in [-0.2, -0.15) is 5.26 Å². The molecule has 0 radical (unpaired) electrons. The molecule has 0 spiro atoms. The minimum Gasteiger partial charge on any atom is -0.320 e. The van der Waals surface area contributed by atoms with E-state index >= 15 is 0 Å². The quantitative estimate of drug-likeness (QED) is 0.295. The molecule has 1 heterocycles. The predicted octanol–water partition coefficient (Wildman–Crippen LogP) is 6.71. The highest BCUT2D eigenvalue weighted by molar-refractivity contribution is 8.05. The van der Waals surface area contributed by atoms with Gasteiger partial charge in [-0.3, -0.25) is 14.5 Å². The van der Waals surface area contributed by atoms with Gasteiger partial charge in [0.05, 0.1) is 16.0 Å². The lowest BCUT2D eigenvalue weighted by Crippen LogP contribution is -2.31. The number of hydrogen-bond donors (Lipinski definition) is 1. The van der Waals surface area contributed by atoms with Gasteiger partial charge >= 0.3 is 0 Å². The summed E-state index contributed by atoms with van der Waals surface area (Å²) < 4.78 is 0. The highest BCUT2D eigenvalue weighted by Crippen LogP contribution is 2.42. The first-order chi connectivity index (χ1) is 16.4. The molecule has 1 aliphatic heterocycles. The van der Waals surface area contributed by atoms with Gasteiger partial charge in [-0.05, 0) is 54.4 Å². The maximum atomic E-state index is 13.5. The molecule has 4 rings (SSSR count). The van der Waals surface area contributed by atoms with Gasteiger partial charge in [-0.15, -0.1) is 0 Å². The summed E-state index contributed by atoms with van der Waals surface area (Å²) in [5.41, 5.74) is 1.42. The van der Waals surface area contributed by atoms with Gasteiger partial charge in [0.2, 0.25) is 5.91 Å². The van der Waals surface area contributed by atoms with Crippen LogP contribution in [0, 0.1) is 11.3 Å². The zero-order valence-corrected chi connectivity index (χ0v) is 20.6.